The number of rotatable bonds is 7. The van der Waals surface area contributed by atoms with Gasteiger partial charge in [0.1, 0.15) is 5.76 Å². The Labute approximate surface area is 185 Å². The number of hydrogen-bond donors (Lipinski definition) is 1. The zero-order valence-corrected chi connectivity index (χ0v) is 18.5. The van der Waals surface area contributed by atoms with Crippen LogP contribution in [-0.4, -0.2) is 36.5 Å². The Kier molecular flexibility index (Phi) is 6.57. The monoisotopic (exact) mass is 416 g/mol. The third-order valence-electron chi connectivity index (χ3n) is 6.68. The molecule has 1 saturated carbocycles. The second-order valence-electron chi connectivity index (χ2n) is 8.96. The molecule has 1 aliphatic rings. The minimum atomic E-state index is -0.107. The highest BCUT2D eigenvalue weighted by atomic mass is 16.3. The van der Waals surface area contributed by atoms with Crippen molar-refractivity contribution in [2.45, 2.75) is 50.1 Å². The third-order valence-corrected chi connectivity index (χ3v) is 6.68. The Morgan fingerprint density at radius 2 is 1.55 bits per heavy atom. The Morgan fingerprint density at radius 3 is 2.16 bits per heavy atom. The van der Waals surface area contributed by atoms with Gasteiger partial charge in [0.05, 0.1) is 0 Å². The minimum absolute atomic E-state index is 0.107. The molecule has 1 amide bonds. The number of likely N-dealkylation sites (N-methyl/N-ethyl adjacent to an activating group) is 1. The maximum Gasteiger partial charge on any atom is 0.287 e. The molecule has 1 N–H and O–H groups in total. The molecule has 0 aliphatic heterocycles. The molecule has 4 rings (SSSR count). The van der Waals surface area contributed by atoms with Gasteiger partial charge < -0.3 is 14.6 Å². The Morgan fingerprint density at radius 1 is 0.935 bits per heavy atom. The maximum atomic E-state index is 12.7. The van der Waals surface area contributed by atoms with Crippen molar-refractivity contribution in [3.05, 3.63) is 95.4 Å². The molecule has 31 heavy (non-hydrogen) atoms. The molecule has 162 valence electrons. The molecule has 1 aliphatic carbocycles. The first-order chi connectivity index (χ1) is 15.0. The Bertz CT molecular complexity index is 971. The summed E-state index contributed by atoms with van der Waals surface area (Å²) in [4.78, 5) is 15.1. The van der Waals surface area contributed by atoms with E-state index in [2.05, 4.69) is 66.8 Å². The standard InChI is InChI=1S/C27H32N2O2/c1-29(2)27(20-22-11-7-4-8-12-22)17-15-23(16-18-27)28-26(30)25-14-13-24(31-25)19-21-9-5-3-6-10-21/h3-14,23H,15-20H2,1-2H3,(H,28,30). The molecular formula is C27H32N2O2. The lowest BCUT2D eigenvalue weighted by Gasteiger charge is -2.45. The van der Waals surface area contributed by atoms with Crippen LogP contribution in [-0.2, 0) is 12.8 Å². The fourth-order valence-corrected chi connectivity index (χ4v) is 4.71. The molecular weight excluding hydrogens is 384 g/mol. The summed E-state index contributed by atoms with van der Waals surface area (Å²) in [6.45, 7) is 0. The van der Waals surface area contributed by atoms with E-state index in [-0.39, 0.29) is 17.5 Å². The van der Waals surface area contributed by atoms with E-state index < -0.39 is 0 Å². The van der Waals surface area contributed by atoms with E-state index in [1.807, 2.05) is 24.3 Å². The van der Waals surface area contributed by atoms with E-state index >= 15 is 0 Å². The molecule has 1 fully saturated rings. The number of benzene rings is 2. The molecule has 0 spiro atoms. The van der Waals surface area contributed by atoms with Crippen molar-refractivity contribution in [2.24, 2.45) is 0 Å². The zero-order chi connectivity index (χ0) is 21.7. The topological polar surface area (TPSA) is 45.5 Å². The molecule has 0 atom stereocenters. The molecule has 1 heterocycles. The second kappa shape index (κ2) is 9.52. The van der Waals surface area contributed by atoms with E-state index in [4.69, 9.17) is 4.42 Å². The SMILES string of the molecule is CN(C)C1(Cc2ccccc2)CCC(NC(=O)c2ccc(Cc3ccccc3)o2)CC1. The summed E-state index contributed by atoms with van der Waals surface area (Å²) < 4.78 is 5.83. The lowest BCUT2D eigenvalue weighted by atomic mass is 9.75. The Hall–Kier alpha value is -2.85. The van der Waals surface area contributed by atoms with E-state index in [0.717, 1.165) is 37.9 Å². The number of amides is 1. The number of hydrogen-bond acceptors (Lipinski definition) is 3. The van der Waals surface area contributed by atoms with Crippen LogP contribution < -0.4 is 5.32 Å². The highest BCUT2D eigenvalue weighted by Crippen LogP contribution is 2.35. The van der Waals surface area contributed by atoms with Crippen LogP contribution in [0.15, 0.2) is 77.2 Å². The van der Waals surface area contributed by atoms with Crippen molar-refractivity contribution < 1.29 is 9.21 Å². The zero-order valence-electron chi connectivity index (χ0n) is 18.5. The van der Waals surface area contributed by atoms with Crippen LogP contribution in [0.1, 0.15) is 53.1 Å². The van der Waals surface area contributed by atoms with Gasteiger partial charge in [-0.25, -0.2) is 0 Å². The number of nitrogens with zero attached hydrogens (tertiary/aromatic N) is 1. The average Bonchev–Trinajstić information content (AvgIpc) is 3.25. The summed E-state index contributed by atoms with van der Waals surface area (Å²) >= 11 is 0. The summed E-state index contributed by atoms with van der Waals surface area (Å²) in [6, 6.07) is 24.8. The van der Waals surface area contributed by atoms with Crippen LogP contribution >= 0.6 is 0 Å². The van der Waals surface area contributed by atoms with Crippen LogP contribution in [0.25, 0.3) is 0 Å². The van der Waals surface area contributed by atoms with Crippen LogP contribution in [0.5, 0.6) is 0 Å². The van der Waals surface area contributed by atoms with Crippen molar-refractivity contribution in [3.63, 3.8) is 0 Å². The van der Waals surface area contributed by atoms with Crippen molar-refractivity contribution in [2.75, 3.05) is 14.1 Å². The van der Waals surface area contributed by atoms with E-state index in [9.17, 15) is 4.79 Å². The van der Waals surface area contributed by atoms with Gasteiger partial charge in [-0.3, -0.25) is 4.79 Å². The first-order valence-electron chi connectivity index (χ1n) is 11.2. The molecule has 2 aromatic carbocycles. The minimum Gasteiger partial charge on any atom is -0.456 e. The van der Waals surface area contributed by atoms with Gasteiger partial charge in [-0.15, -0.1) is 0 Å². The first kappa shape index (κ1) is 21.4. The highest BCUT2D eigenvalue weighted by Gasteiger charge is 2.37. The number of carbonyl (C=O) groups excluding carboxylic acids is 1. The van der Waals surface area contributed by atoms with Gasteiger partial charge >= 0.3 is 0 Å². The average molecular weight is 417 g/mol. The maximum absolute atomic E-state index is 12.7. The van der Waals surface area contributed by atoms with Crippen LogP contribution in [0.3, 0.4) is 0 Å². The molecule has 0 bridgehead atoms. The largest absolute Gasteiger partial charge is 0.456 e. The van der Waals surface area contributed by atoms with Gasteiger partial charge in [-0.1, -0.05) is 60.7 Å². The third kappa shape index (κ3) is 5.26. The number of furan rings is 1. The van der Waals surface area contributed by atoms with Gasteiger partial charge in [-0.2, -0.15) is 0 Å². The predicted octanol–water partition coefficient (Wildman–Crippen LogP) is 5.09. The van der Waals surface area contributed by atoms with Gasteiger partial charge in [-0.05, 0) is 69.5 Å². The van der Waals surface area contributed by atoms with Crippen molar-refractivity contribution >= 4 is 5.91 Å². The molecule has 0 unspecified atom stereocenters. The first-order valence-corrected chi connectivity index (χ1v) is 11.2. The summed E-state index contributed by atoms with van der Waals surface area (Å²) in [6.07, 6.45) is 5.84. The van der Waals surface area contributed by atoms with Crippen molar-refractivity contribution in [3.8, 4) is 0 Å². The Balaban J connectivity index is 1.33. The molecule has 4 nitrogen and oxygen atoms in total. The van der Waals surface area contributed by atoms with Crippen LogP contribution in [0, 0.1) is 0 Å². The van der Waals surface area contributed by atoms with Gasteiger partial charge in [0.2, 0.25) is 0 Å². The number of nitrogens with one attached hydrogen (secondary N) is 1. The smallest absolute Gasteiger partial charge is 0.287 e. The van der Waals surface area contributed by atoms with Gasteiger partial charge in [0, 0.05) is 18.0 Å². The van der Waals surface area contributed by atoms with E-state index in [1.54, 1.807) is 6.07 Å². The van der Waals surface area contributed by atoms with Crippen molar-refractivity contribution in [1.29, 1.82) is 0 Å². The molecule has 1 aromatic heterocycles. The van der Waals surface area contributed by atoms with Crippen LogP contribution in [0.4, 0.5) is 0 Å². The lowest BCUT2D eigenvalue weighted by Crippen LogP contribution is -2.52. The van der Waals surface area contributed by atoms with Crippen LogP contribution in [0.2, 0.25) is 0 Å². The van der Waals surface area contributed by atoms with Gasteiger partial charge in [0.15, 0.2) is 5.76 Å². The predicted molar refractivity (Wildman–Crippen MR) is 124 cm³/mol. The summed E-state index contributed by atoms with van der Waals surface area (Å²) in [5.74, 6) is 1.11. The van der Waals surface area contributed by atoms with Crippen molar-refractivity contribution in [1.82, 2.24) is 10.2 Å². The van der Waals surface area contributed by atoms with Gasteiger partial charge in [0.25, 0.3) is 5.91 Å². The molecule has 3 aromatic rings. The highest BCUT2D eigenvalue weighted by molar-refractivity contribution is 5.91. The lowest BCUT2D eigenvalue weighted by molar-refractivity contribution is 0.0753. The molecule has 0 saturated heterocycles. The molecule has 4 heteroatoms. The second-order valence-corrected chi connectivity index (χ2v) is 8.96. The summed E-state index contributed by atoms with van der Waals surface area (Å²) in [5.41, 5.74) is 2.70. The van der Waals surface area contributed by atoms with E-state index in [1.165, 1.54) is 11.1 Å². The number of carbonyl (C=O) groups is 1. The summed E-state index contributed by atoms with van der Waals surface area (Å²) in [5, 5.41) is 3.20. The fourth-order valence-electron chi connectivity index (χ4n) is 4.71. The summed E-state index contributed by atoms with van der Waals surface area (Å²) in [7, 11) is 4.36. The molecule has 0 radical (unpaired) electrons. The normalized spacial score (nSPS) is 21.2. The quantitative estimate of drug-likeness (QED) is 0.584. The van der Waals surface area contributed by atoms with E-state index in [0.29, 0.717) is 12.2 Å². The fraction of sp³-hybridized carbons (Fsp3) is 0.370.